The maximum atomic E-state index is 12.2. The summed E-state index contributed by atoms with van der Waals surface area (Å²) < 4.78 is 10.5. The number of halogens is 1. The lowest BCUT2D eigenvalue weighted by Gasteiger charge is -2.01. The van der Waals surface area contributed by atoms with Crippen molar-refractivity contribution < 1.29 is 14.3 Å². The van der Waals surface area contributed by atoms with Gasteiger partial charge in [0.15, 0.2) is 11.5 Å². The Morgan fingerprint density at radius 3 is 2.77 bits per heavy atom. The van der Waals surface area contributed by atoms with Crippen molar-refractivity contribution in [3.8, 4) is 22.8 Å². The van der Waals surface area contributed by atoms with Crippen molar-refractivity contribution in [3.05, 3.63) is 64.8 Å². The molecule has 1 aliphatic rings. The number of aromatic nitrogens is 2. The minimum absolute atomic E-state index is 0.159. The van der Waals surface area contributed by atoms with Crippen molar-refractivity contribution in [1.29, 1.82) is 0 Å². The van der Waals surface area contributed by atoms with Crippen LogP contribution >= 0.6 is 11.6 Å². The van der Waals surface area contributed by atoms with E-state index in [-0.39, 0.29) is 6.79 Å². The molecule has 2 heterocycles. The van der Waals surface area contributed by atoms with Gasteiger partial charge in [0.1, 0.15) is 5.69 Å². The van der Waals surface area contributed by atoms with Gasteiger partial charge in [0.2, 0.25) is 6.79 Å². The molecule has 26 heavy (non-hydrogen) atoms. The molecule has 2 aromatic carbocycles. The van der Waals surface area contributed by atoms with E-state index in [0.29, 0.717) is 33.5 Å². The molecule has 0 saturated heterocycles. The predicted octanol–water partition coefficient (Wildman–Crippen LogP) is 3.22. The lowest BCUT2D eigenvalue weighted by molar-refractivity contribution is 0.0950. The van der Waals surface area contributed by atoms with Crippen LogP contribution in [0.25, 0.3) is 11.3 Å². The summed E-state index contributed by atoms with van der Waals surface area (Å²) in [5.74, 6) is 0.762. The van der Waals surface area contributed by atoms with Crippen LogP contribution < -0.4 is 14.9 Å². The van der Waals surface area contributed by atoms with Crippen LogP contribution in [-0.2, 0) is 0 Å². The van der Waals surface area contributed by atoms with E-state index >= 15 is 0 Å². The fourth-order valence-corrected chi connectivity index (χ4v) is 2.65. The minimum atomic E-state index is -0.409. The molecule has 3 aromatic rings. The molecule has 0 spiro atoms. The first-order chi connectivity index (χ1) is 12.7. The summed E-state index contributed by atoms with van der Waals surface area (Å²) in [6.45, 7) is 0.159. The van der Waals surface area contributed by atoms with Gasteiger partial charge in [0.25, 0.3) is 5.91 Å². The molecular weight excluding hydrogens is 356 g/mol. The zero-order chi connectivity index (χ0) is 17.9. The molecule has 4 rings (SSSR count). The number of carbonyl (C=O) groups excluding carboxylic acids is 1. The highest BCUT2D eigenvalue weighted by molar-refractivity contribution is 6.33. The maximum Gasteiger partial charge on any atom is 0.289 e. The quantitative estimate of drug-likeness (QED) is 0.546. The number of amides is 1. The van der Waals surface area contributed by atoms with Gasteiger partial charge < -0.3 is 9.47 Å². The molecule has 130 valence electrons. The Bertz CT molecular complexity index is 985. The monoisotopic (exact) mass is 368 g/mol. The summed E-state index contributed by atoms with van der Waals surface area (Å²) in [6, 6.07) is 14.6. The number of hydrogen-bond donors (Lipinski definition) is 2. The van der Waals surface area contributed by atoms with Crippen LogP contribution in [0, 0.1) is 0 Å². The van der Waals surface area contributed by atoms with Gasteiger partial charge in [-0.25, -0.2) is 5.43 Å². The van der Waals surface area contributed by atoms with Gasteiger partial charge in [-0.05, 0) is 12.1 Å². The summed E-state index contributed by atoms with van der Waals surface area (Å²) in [4.78, 5) is 12.2. The number of nitrogens with zero attached hydrogens (tertiary/aromatic N) is 2. The number of carbonyl (C=O) groups is 1. The van der Waals surface area contributed by atoms with Crippen molar-refractivity contribution in [1.82, 2.24) is 15.6 Å². The summed E-state index contributed by atoms with van der Waals surface area (Å²) in [7, 11) is 0. The highest BCUT2D eigenvalue weighted by Gasteiger charge is 2.16. The van der Waals surface area contributed by atoms with Crippen LogP contribution in [0.15, 0.2) is 53.6 Å². The Labute approximate surface area is 153 Å². The highest BCUT2D eigenvalue weighted by Crippen LogP contribution is 2.36. The fourth-order valence-electron chi connectivity index (χ4n) is 2.45. The second-order valence-corrected chi connectivity index (χ2v) is 5.87. The van der Waals surface area contributed by atoms with E-state index in [0.717, 1.165) is 5.56 Å². The molecule has 1 aromatic heterocycles. The first-order valence-corrected chi connectivity index (χ1v) is 8.12. The largest absolute Gasteiger partial charge is 0.454 e. The molecule has 1 amide bonds. The molecule has 0 fully saturated rings. The van der Waals surface area contributed by atoms with Crippen LogP contribution in [0.3, 0.4) is 0 Å². The standard InChI is InChI=1S/C18H13ClN4O3/c19-13-7-17-16(25-10-26-17)6-12(13)9-20-23-18(24)15-8-14(21-22-15)11-4-2-1-3-5-11/h1-9H,10H2,(H,21,22)(H,23,24)/b20-9-. The van der Waals surface area contributed by atoms with Crippen molar-refractivity contribution in [3.63, 3.8) is 0 Å². The first-order valence-electron chi connectivity index (χ1n) is 7.74. The SMILES string of the molecule is O=C(N/N=C\c1cc2c(cc1Cl)OCO2)c1cc(-c2ccccc2)n[nH]1. The molecule has 0 unspecified atom stereocenters. The van der Waals surface area contributed by atoms with E-state index < -0.39 is 5.91 Å². The Hall–Kier alpha value is -3.32. The lowest BCUT2D eigenvalue weighted by atomic mass is 10.1. The molecule has 0 aliphatic carbocycles. The topological polar surface area (TPSA) is 88.6 Å². The first kappa shape index (κ1) is 16.2. The van der Waals surface area contributed by atoms with Gasteiger partial charge in [-0.2, -0.15) is 10.2 Å². The second kappa shape index (κ2) is 6.89. The highest BCUT2D eigenvalue weighted by atomic mass is 35.5. The molecule has 0 saturated carbocycles. The van der Waals surface area contributed by atoms with E-state index in [9.17, 15) is 4.79 Å². The molecule has 7 nitrogen and oxygen atoms in total. The van der Waals surface area contributed by atoms with Crippen molar-refractivity contribution in [2.75, 3.05) is 6.79 Å². The number of hydrazone groups is 1. The third kappa shape index (κ3) is 3.25. The van der Waals surface area contributed by atoms with E-state index in [1.807, 2.05) is 30.3 Å². The normalized spacial score (nSPS) is 12.5. The average Bonchev–Trinajstić information content (AvgIpc) is 3.31. The maximum absolute atomic E-state index is 12.2. The number of fused-ring (bicyclic) bond motifs is 1. The molecule has 0 bridgehead atoms. The van der Waals surface area contributed by atoms with E-state index in [2.05, 4.69) is 20.7 Å². The van der Waals surface area contributed by atoms with Gasteiger partial charge >= 0.3 is 0 Å². The van der Waals surface area contributed by atoms with Gasteiger partial charge in [-0.3, -0.25) is 9.89 Å². The van der Waals surface area contributed by atoms with E-state index in [1.165, 1.54) is 6.21 Å². The average molecular weight is 369 g/mol. The lowest BCUT2D eigenvalue weighted by Crippen LogP contribution is -2.18. The summed E-state index contributed by atoms with van der Waals surface area (Å²) in [6.07, 6.45) is 1.44. The number of hydrogen-bond acceptors (Lipinski definition) is 5. The summed E-state index contributed by atoms with van der Waals surface area (Å²) in [5.41, 5.74) is 4.94. The van der Waals surface area contributed by atoms with Crippen LogP contribution in [0.5, 0.6) is 11.5 Å². The zero-order valence-electron chi connectivity index (χ0n) is 13.4. The fraction of sp³-hybridized carbons (Fsp3) is 0.0556. The van der Waals surface area contributed by atoms with Gasteiger partial charge in [0, 0.05) is 17.2 Å². The van der Waals surface area contributed by atoms with Crippen LogP contribution in [0.2, 0.25) is 5.02 Å². The van der Waals surface area contributed by atoms with Crippen LogP contribution in [0.4, 0.5) is 0 Å². The molecule has 0 atom stereocenters. The third-order valence-corrected chi connectivity index (χ3v) is 4.08. The smallest absolute Gasteiger partial charge is 0.289 e. The number of nitrogens with one attached hydrogen (secondary N) is 2. The number of benzene rings is 2. The predicted molar refractivity (Wildman–Crippen MR) is 96.7 cm³/mol. The van der Waals surface area contributed by atoms with Crippen molar-refractivity contribution in [2.45, 2.75) is 0 Å². The second-order valence-electron chi connectivity index (χ2n) is 5.46. The number of aromatic amines is 1. The number of H-pyrrole nitrogens is 1. The molecule has 1 aliphatic heterocycles. The van der Waals surface area contributed by atoms with Crippen LogP contribution in [-0.4, -0.2) is 29.1 Å². The molecular formula is C18H13ClN4O3. The molecule has 0 radical (unpaired) electrons. The molecule has 8 heteroatoms. The summed E-state index contributed by atoms with van der Waals surface area (Å²) >= 11 is 6.16. The van der Waals surface area contributed by atoms with Crippen molar-refractivity contribution >= 4 is 23.7 Å². The Morgan fingerprint density at radius 1 is 1.19 bits per heavy atom. The number of rotatable bonds is 4. The Morgan fingerprint density at radius 2 is 1.96 bits per heavy atom. The van der Waals surface area contributed by atoms with E-state index in [1.54, 1.807) is 18.2 Å². The van der Waals surface area contributed by atoms with Gasteiger partial charge in [-0.1, -0.05) is 41.9 Å². The molecule has 2 N–H and O–H groups in total. The third-order valence-electron chi connectivity index (χ3n) is 3.75. The zero-order valence-corrected chi connectivity index (χ0v) is 14.2. The van der Waals surface area contributed by atoms with Crippen LogP contribution in [0.1, 0.15) is 16.1 Å². The summed E-state index contributed by atoms with van der Waals surface area (Å²) in [5, 5.41) is 11.2. The van der Waals surface area contributed by atoms with E-state index in [4.69, 9.17) is 21.1 Å². The van der Waals surface area contributed by atoms with Gasteiger partial charge in [0.05, 0.1) is 16.9 Å². The van der Waals surface area contributed by atoms with Gasteiger partial charge in [-0.15, -0.1) is 0 Å². The van der Waals surface area contributed by atoms with Crippen molar-refractivity contribution in [2.24, 2.45) is 5.10 Å². The Balaban J connectivity index is 1.45. The Kier molecular flexibility index (Phi) is 4.28. The minimum Gasteiger partial charge on any atom is -0.454 e. The number of ether oxygens (including phenoxy) is 2.